The molecule has 1 amide bonds. The van der Waals surface area contributed by atoms with Crippen LogP contribution in [0.4, 0.5) is 0 Å². The zero-order valence-corrected chi connectivity index (χ0v) is 13.4. The quantitative estimate of drug-likeness (QED) is 0.518. The summed E-state index contributed by atoms with van der Waals surface area (Å²) >= 11 is 0. The summed E-state index contributed by atoms with van der Waals surface area (Å²) in [5, 5.41) is 31.8. The lowest BCUT2D eigenvalue weighted by molar-refractivity contribution is -0.244. The molecule has 4 N–H and O–H groups in total. The number of rotatable bonds is 5. The predicted octanol–water partition coefficient (Wildman–Crippen LogP) is -0.788. The van der Waals surface area contributed by atoms with Crippen molar-refractivity contribution in [2.45, 2.75) is 44.5 Å². The molecule has 24 heavy (non-hydrogen) atoms. The molecule has 5 atom stereocenters. The molecule has 8 heteroatoms. The number of Topliss-reactive ketones (excluding diaryl/α,β-unsaturated/α-hetero) is 1. The van der Waals surface area contributed by atoms with Crippen molar-refractivity contribution in [1.82, 2.24) is 5.32 Å². The van der Waals surface area contributed by atoms with Crippen LogP contribution in [0.5, 0.6) is 5.75 Å². The van der Waals surface area contributed by atoms with Gasteiger partial charge in [0.05, 0.1) is 6.61 Å². The lowest BCUT2D eigenvalue weighted by atomic mass is 9.97. The average Bonchev–Trinajstić information content (AvgIpc) is 2.54. The van der Waals surface area contributed by atoms with Gasteiger partial charge >= 0.3 is 0 Å². The van der Waals surface area contributed by atoms with Crippen LogP contribution in [-0.2, 0) is 9.53 Å². The van der Waals surface area contributed by atoms with Crippen LogP contribution in [0.1, 0.15) is 24.2 Å². The monoisotopic (exact) mass is 339 g/mol. The van der Waals surface area contributed by atoms with E-state index in [1.807, 2.05) is 0 Å². The minimum Gasteiger partial charge on any atom is -0.463 e. The number of ketones is 1. The Balaban J connectivity index is 2.19. The molecule has 0 spiro atoms. The van der Waals surface area contributed by atoms with Crippen molar-refractivity contribution < 1.29 is 34.4 Å². The van der Waals surface area contributed by atoms with Gasteiger partial charge in [0.15, 0.2) is 5.78 Å². The third-order valence-corrected chi connectivity index (χ3v) is 3.76. The van der Waals surface area contributed by atoms with Gasteiger partial charge in [-0.3, -0.25) is 9.59 Å². The van der Waals surface area contributed by atoms with Crippen LogP contribution in [0, 0.1) is 0 Å². The second-order valence-corrected chi connectivity index (χ2v) is 5.63. The maximum absolute atomic E-state index is 11.3. The maximum Gasteiger partial charge on any atom is 0.223 e. The molecule has 1 saturated heterocycles. The van der Waals surface area contributed by atoms with E-state index in [2.05, 4.69) is 5.32 Å². The Labute approximate surface area is 139 Å². The number of nitrogens with one attached hydrogen (secondary N) is 1. The molecule has 0 unspecified atom stereocenters. The van der Waals surface area contributed by atoms with Crippen molar-refractivity contribution in [3.8, 4) is 5.75 Å². The van der Waals surface area contributed by atoms with Gasteiger partial charge in [0.1, 0.15) is 30.1 Å². The summed E-state index contributed by atoms with van der Waals surface area (Å²) in [5.74, 6) is -0.177. The Morgan fingerprint density at radius 2 is 1.79 bits per heavy atom. The zero-order chi connectivity index (χ0) is 17.9. The van der Waals surface area contributed by atoms with E-state index in [0.717, 1.165) is 0 Å². The molecular weight excluding hydrogens is 318 g/mol. The van der Waals surface area contributed by atoms with Gasteiger partial charge in [-0.2, -0.15) is 0 Å². The molecule has 8 nitrogen and oxygen atoms in total. The van der Waals surface area contributed by atoms with E-state index in [1.54, 1.807) is 24.3 Å². The number of ether oxygens (including phenoxy) is 2. The topological polar surface area (TPSA) is 125 Å². The molecule has 0 radical (unpaired) electrons. The molecule has 0 bridgehead atoms. The third-order valence-electron chi connectivity index (χ3n) is 3.76. The largest absolute Gasteiger partial charge is 0.463 e. The van der Waals surface area contributed by atoms with Crippen molar-refractivity contribution >= 4 is 11.7 Å². The van der Waals surface area contributed by atoms with Crippen molar-refractivity contribution in [3.05, 3.63) is 29.8 Å². The lowest BCUT2D eigenvalue weighted by Gasteiger charge is -2.42. The Kier molecular flexibility index (Phi) is 5.89. The molecule has 1 aromatic carbocycles. The molecule has 0 aliphatic carbocycles. The summed E-state index contributed by atoms with van der Waals surface area (Å²) in [7, 11) is 0. The van der Waals surface area contributed by atoms with Crippen molar-refractivity contribution in [2.24, 2.45) is 0 Å². The van der Waals surface area contributed by atoms with E-state index in [4.69, 9.17) is 9.47 Å². The molecular formula is C16H21NO7. The second-order valence-electron chi connectivity index (χ2n) is 5.63. The van der Waals surface area contributed by atoms with Gasteiger partial charge in [-0.15, -0.1) is 0 Å². The van der Waals surface area contributed by atoms with Crippen LogP contribution in [-0.4, -0.2) is 64.3 Å². The van der Waals surface area contributed by atoms with Crippen LogP contribution in [0.15, 0.2) is 24.3 Å². The summed E-state index contributed by atoms with van der Waals surface area (Å²) in [4.78, 5) is 22.6. The molecule has 2 rings (SSSR count). The highest BCUT2D eigenvalue weighted by Crippen LogP contribution is 2.24. The zero-order valence-electron chi connectivity index (χ0n) is 13.4. The van der Waals surface area contributed by atoms with E-state index in [0.29, 0.717) is 11.3 Å². The van der Waals surface area contributed by atoms with Gasteiger partial charge in [0.2, 0.25) is 12.2 Å². The molecule has 0 saturated carbocycles. The van der Waals surface area contributed by atoms with E-state index in [9.17, 15) is 24.9 Å². The van der Waals surface area contributed by atoms with Crippen LogP contribution in [0.3, 0.4) is 0 Å². The van der Waals surface area contributed by atoms with E-state index in [-0.39, 0.29) is 5.78 Å². The van der Waals surface area contributed by atoms with Gasteiger partial charge in [-0.25, -0.2) is 0 Å². The first-order chi connectivity index (χ1) is 11.3. The smallest absolute Gasteiger partial charge is 0.223 e. The summed E-state index contributed by atoms with van der Waals surface area (Å²) in [6.07, 6.45) is -4.91. The molecule has 1 aliphatic rings. The number of hydrogen-bond donors (Lipinski definition) is 4. The number of aliphatic hydroxyl groups is 3. The first-order valence-electron chi connectivity index (χ1n) is 7.50. The van der Waals surface area contributed by atoms with Crippen LogP contribution in [0.25, 0.3) is 0 Å². The van der Waals surface area contributed by atoms with Crippen LogP contribution >= 0.6 is 0 Å². The highest BCUT2D eigenvalue weighted by Gasteiger charge is 2.46. The van der Waals surface area contributed by atoms with E-state index >= 15 is 0 Å². The highest BCUT2D eigenvalue weighted by atomic mass is 16.7. The molecule has 1 fully saturated rings. The van der Waals surface area contributed by atoms with E-state index < -0.39 is 43.2 Å². The highest BCUT2D eigenvalue weighted by molar-refractivity contribution is 5.94. The molecule has 132 valence electrons. The number of hydrogen-bond acceptors (Lipinski definition) is 7. The van der Waals surface area contributed by atoms with Gasteiger partial charge in [0.25, 0.3) is 0 Å². The number of benzene rings is 1. The summed E-state index contributed by atoms with van der Waals surface area (Å²) in [5.41, 5.74) is 0.508. The standard InChI is InChI=1S/C16H21NO7/c1-8(19)10-3-5-11(6-4-10)23-16-13(17-9(2)20)15(22)14(21)12(7-18)24-16/h3-6,12-16,18,21-22H,7H2,1-2H3,(H,17,20)/t12-,13+,14+,15-,16+/m0/s1. The second kappa shape index (κ2) is 7.71. The number of carbonyl (C=O) groups is 2. The Hall–Kier alpha value is -2.00. The van der Waals surface area contributed by atoms with Crippen LogP contribution in [0.2, 0.25) is 0 Å². The number of aliphatic hydroxyl groups excluding tert-OH is 3. The molecule has 1 heterocycles. The van der Waals surface area contributed by atoms with Crippen LogP contribution < -0.4 is 10.1 Å². The molecule has 1 aromatic rings. The van der Waals surface area contributed by atoms with Gasteiger partial charge in [0, 0.05) is 12.5 Å². The first-order valence-corrected chi connectivity index (χ1v) is 7.50. The molecule has 1 aliphatic heterocycles. The van der Waals surface area contributed by atoms with Gasteiger partial charge in [-0.05, 0) is 31.2 Å². The summed E-state index contributed by atoms with van der Waals surface area (Å²) in [6, 6.07) is 5.23. The lowest BCUT2D eigenvalue weighted by Crippen LogP contribution is -2.65. The Morgan fingerprint density at radius 3 is 2.29 bits per heavy atom. The minimum atomic E-state index is -1.37. The summed E-state index contributed by atoms with van der Waals surface area (Å²) < 4.78 is 11.1. The van der Waals surface area contributed by atoms with Gasteiger partial charge < -0.3 is 30.1 Å². The minimum absolute atomic E-state index is 0.0921. The Morgan fingerprint density at radius 1 is 1.17 bits per heavy atom. The predicted molar refractivity (Wildman–Crippen MR) is 82.4 cm³/mol. The van der Waals surface area contributed by atoms with Crippen molar-refractivity contribution in [2.75, 3.05) is 6.61 Å². The van der Waals surface area contributed by atoms with Gasteiger partial charge in [-0.1, -0.05) is 0 Å². The fourth-order valence-electron chi connectivity index (χ4n) is 2.47. The molecule has 0 aromatic heterocycles. The first kappa shape index (κ1) is 18.3. The maximum atomic E-state index is 11.3. The number of amides is 1. The Bertz CT molecular complexity index is 589. The normalized spacial score (nSPS) is 29.8. The fourth-order valence-corrected chi connectivity index (χ4v) is 2.47. The fraction of sp³-hybridized carbons (Fsp3) is 0.500. The third kappa shape index (κ3) is 4.09. The number of carbonyl (C=O) groups excluding carboxylic acids is 2. The van der Waals surface area contributed by atoms with Crippen molar-refractivity contribution in [3.63, 3.8) is 0 Å². The van der Waals surface area contributed by atoms with Crippen molar-refractivity contribution in [1.29, 1.82) is 0 Å². The average molecular weight is 339 g/mol. The SMILES string of the molecule is CC(=O)N[C@H]1[C@H](Oc2ccc(C(C)=O)cc2)O[C@@H](CO)[C@@H](O)[C@H]1O. The van der Waals surface area contributed by atoms with E-state index in [1.165, 1.54) is 13.8 Å². The summed E-state index contributed by atoms with van der Waals surface area (Å²) in [6.45, 7) is 2.18.